The number of anilines is 1. The molecule has 0 unspecified atom stereocenters. The molecule has 1 heterocycles. The SMILES string of the molecule is N#CC(=Cc1cccc(F)c1F)C(=O)Nc1ccc2c(c1)OCCO2. The number of amides is 1. The van der Waals surface area contributed by atoms with Crippen LogP contribution in [0.4, 0.5) is 14.5 Å². The molecule has 2 aromatic carbocycles. The lowest BCUT2D eigenvalue weighted by Gasteiger charge is -2.18. The smallest absolute Gasteiger partial charge is 0.266 e. The normalized spacial score (nSPS) is 13.1. The summed E-state index contributed by atoms with van der Waals surface area (Å²) in [7, 11) is 0. The van der Waals surface area contributed by atoms with E-state index in [4.69, 9.17) is 14.7 Å². The lowest BCUT2D eigenvalue weighted by atomic mass is 10.1. The van der Waals surface area contributed by atoms with Gasteiger partial charge >= 0.3 is 0 Å². The van der Waals surface area contributed by atoms with Crippen LogP contribution in [0.15, 0.2) is 42.0 Å². The maximum absolute atomic E-state index is 13.7. The van der Waals surface area contributed by atoms with Crippen molar-refractivity contribution in [3.63, 3.8) is 0 Å². The fourth-order valence-electron chi connectivity index (χ4n) is 2.26. The topological polar surface area (TPSA) is 71.4 Å². The molecule has 126 valence electrons. The van der Waals surface area contributed by atoms with Crippen LogP contribution in [-0.2, 0) is 4.79 Å². The van der Waals surface area contributed by atoms with Crippen molar-refractivity contribution in [2.45, 2.75) is 0 Å². The van der Waals surface area contributed by atoms with Gasteiger partial charge in [-0.15, -0.1) is 0 Å². The minimum Gasteiger partial charge on any atom is -0.486 e. The molecule has 0 atom stereocenters. The van der Waals surface area contributed by atoms with E-state index in [0.717, 1.165) is 12.1 Å². The van der Waals surface area contributed by atoms with E-state index in [9.17, 15) is 13.6 Å². The van der Waals surface area contributed by atoms with Crippen molar-refractivity contribution in [1.82, 2.24) is 0 Å². The van der Waals surface area contributed by atoms with Crippen molar-refractivity contribution in [3.8, 4) is 17.6 Å². The second kappa shape index (κ2) is 7.01. The number of benzene rings is 2. The molecule has 0 bridgehead atoms. The van der Waals surface area contributed by atoms with E-state index in [1.54, 1.807) is 24.3 Å². The monoisotopic (exact) mass is 342 g/mol. The van der Waals surface area contributed by atoms with Gasteiger partial charge in [-0.2, -0.15) is 5.26 Å². The summed E-state index contributed by atoms with van der Waals surface area (Å²) in [6, 6.07) is 9.97. The van der Waals surface area contributed by atoms with Crippen LogP contribution in [0.3, 0.4) is 0 Å². The highest BCUT2D eigenvalue weighted by Crippen LogP contribution is 2.32. The molecule has 0 spiro atoms. The third-order valence-electron chi connectivity index (χ3n) is 3.45. The molecule has 25 heavy (non-hydrogen) atoms. The molecular weight excluding hydrogens is 330 g/mol. The van der Waals surface area contributed by atoms with Gasteiger partial charge in [0.05, 0.1) is 0 Å². The zero-order chi connectivity index (χ0) is 17.8. The molecule has 0 aliphatic carbocycles. The van der Waals surface area contributed by atoms with Crippen LogP contribution in [0, 0.1) is 23.0 Å². The molecule has 0 saturated heterocycles. The van der Waals surface area contributed by atoms with Crippen LogP contribution in [-0.4, -0.2) is 19.1 Å². The highest BCUT2D eigenvalue weighted by atomic mass is 19.2. The molecule has 1 aliphatic heterocycles. The molecule has 3 rings (SSSR count). The summed E-state index contributed by atoms with van der Waals surface area (Å²) in [5.74, 6) is -1.90. The van der Waals surface area contributed by atoms with E-state index in [1.807, 2.05) is 0 Å². The first-order valence-corrected chi connectivity index (χ1v) is 7.35. The van der Waals surface area contributed by atoms with Gasteiger partial charge in [0.2, 0.25) is 0 Å². The lowest BCUT2D eigenvalue weighted by molar-refractivity contribution is -0.112. The number of rotatable bonds is 3. The van der Waals surface area contributed by atoms with Gasteiger partial charge in [0, 0.05) is 17.3 Å². The minimum absolute atomic E-state index is 0.186. The molecule has 0 saturated carbocycles. The van der Waals surface area contributed by atoms with Crippen molar-refractivity contribution < 1.29 is 23.0 Å². The van der Waals surface area contributed by atoms with Gasteiger partial charge in [-0.3, -0.25) is 4.79 Å². The average Bonchev–Trinajstić information content (AvgIpc) is 2.62. The first kappa shape index (κ1) is 16.5. The zero-order valence-corrected chi connectivity index (χ0v) is 12.9. The summed E-state index contributed by atoms with van der Waals surface area (Å²) in [6.07, 6.45) is 0.992. The Hall–Kier alpha value is -3.40. The molecule has 0 aromatic heterocycles. The number of ether oxygens (including phenoxy) is 2. The molecule has 5 nitrogen and oxygen atoms in total. The molecule has 1 aliphatic rings. The van der Waals surface area contributed by atoms with E-state index in [0.29, 0.717) is 30.4 Å². The van der Waals surface area contributed by atoms with Crippen molar-refractivity contribution in [3.05, 3.63) is 59.2 Å². The van der Waals surface area contributed by atoms with E-state index in [1.165, 1.54) is 12.1 Å². The molecule has 0 fully saturated rings. The fourth-order valence-corrected chi connectivity index (χ4v) is 2.26. The van der Waals surface area contributed by atoms with Gasteiger partial charge in [0.1, 0.15) is 24.9 Å². The van der Waals surface area contributed by atoms with Crippen molar-refractivity contribution in [2.24, 2.45) is 0 Å². The summed E-state index contributed by atoms with van der Waals surface area (Å²) >= 11 is 0. The highest BCUT2D eigenvalue weighted by molar-refractivity contribution is 6.09. The summed E-state index contributed by atoms with van der Waals surface area (Å²) in [5.41, 5.74) is -0.164. The summed E-state index contributed by atoms with van der Waals surface area (Å²) in [5, 5.41) is 11.7. The van der Waals surface area contributed by atoms with Gasteiger partial charge in [0.15, 0.2) is 23.1 Å². The van der Waals surface area contributed by atoms with Gasteiger partial charge in [-0.25, -0.2) is 8.78 Å². The van der Waals surface area contributed by atoms with Gasteiger partial charge in [0.25, 0.3) is 5.91 Å². The van der Waals surface area contributed by atoms with Crippen LogP contribution < -0.4 is 14.8 Å². The Labute approximate surface area is 142 Å². The summed E-state index contributed by atoms with van der Waals surface area (Å²) < 4.78 is 37.7. The van der Waals surface area contributed by atoms with Gasteiger partial charge in [-0.1, -0.05) is 12.1 Å². The Morgan fingerprint density at radius 2 is 1.92 bits per heavy atom. The van der Waals surface area contributed by atoms with Crippen LogP contribution in [0.2, 0.25) is 0 Å². The second-order valence-corrected chi connectivity index (χ2v) is 5.13. The zero-order valence-electron chi connectivity index (χ0n) is 12.9. The third-order valence-corrected chi connectivity index (χ3v) is 3.45. The van der Waals surface area contributed by atoms with Crippen molar-refractivity contribution in [2.75, 3.05) is 18.5 Å². The first-order valence-electron chi connectivity index (χ1n) is 7.35. The maximum Gasteiger partial charge on any atom is 0.266 e. The minimum atomic E-state index is -1.12. The summed E-state index contributed by atoms with van der Waals surface area (Å²) in [6.45, 7) is 0.839. The molecule has 2 aromatic rings. The standard InChI is InChI=1S/C18H12F2N2O3/c19-14-3-1-2-11(17(14)20)8-12(10-21)18(23)22-13-4-5-15-16(9-13)25-7-6-24-15/h1-5,8-9H,6-7H2,(H,22,23). The van der Waals surface area contributed by atoms with Gasteiger partial charge in [-0.05, 0) is 24.3 Å². The van der Waals surface area contributed by atoms with E-state index in [2.05, 4.69) is 5.32 Å². The molecule has 7 heteroatoms. The molecular formula is C18H12F2N2O3. The maximum atomic E-state index is 13.7. The van der Waals surface area contributed by atoms with E-state index >= 15 is 0 Å². The van der Waals surface area contributed by atoms with E-state index in [-0.39, 0.29) is 11.1 Å². The number of hydrogen-bond acceptors (Lipinski definition) is 4. The lowest BCUT2D eigenvalue weighted by Crippen LogP contribution is -2.17. The van der Waals surface area contributed by atoms with Crippen molar-refractivity contribution in [1.29, 1.82) is 5.26 Å². The Kier molecular flexibility index (Phi) is 4.61. The van der Waals surface area contributed by atoms with Crippen LogP contribution in [0.5, 0.6) is 11.5 Å². The fraction of sp³-hybridized carbons (Fsp3) is 0.111. The number of carbonyl (C=O) groups is 1. The summed E-state index contributed by atoms with van der Waals surface area (Å²) in [4.78, 5) is 12.2. The molecule has 0 radical (unpaired) electrons. The number of nitrogens with zero attached hydrogens (tertiary/aromatic N) is 1. The van der Waals surface area contributed by atoms with Crippen molar-refractivity contribution >= 4 is 17.7 Å². The molecule has 1 amide bonds. The van der Waals surface area contributed by atoms with E-state index < -0.39 is 17.5 Å². The number of nitriles is 1. The Morgan fingerprint density at radius 1 is 1.16 bits per heavy atom. The predicted molar refractivity (Wildman–Crippen MR) is 86.0 cm³/mol. The number of nitrogens with one attached hydrogen (secondary N) is 1. The van der Waals surface area contributed by atoms with Gasteiger partial charge < -0.3 is 14.8 Å². The third kappa shape index (κ3) is 3.58. The number of carbonyl (C=O) groups excluding carboxylic acids is 1. The number of hydrogen-bond donors (Lipinski definition) is 1. The Bertz CT molecular complexity index is 904. The number of halogens is 2. The largest absolute Gasteiger partial charge is 0.486 e. The van der Waals surface area contributed by atoms with Crippen LogP contribution >= 0.6 is 0 Å². The second-order valence-electron chi connectivity index (χ2n) is 5.13. The predicted octanol–water partition coefficient (Wildman–Crippen LogP) is 3.28. The quantitative estimate of drug-likeness (QED) is 0.686. The number of fused-ring (bicyclic) bond motifs is 1. The van der Waals surface area contributed by atoms with Crippen LogP contribution in [0.25, 0.3) is 6.08 Å². The highest BCUT2D eigenvalue weighted by Gasteiger charge is 2.15. The Morgan fingerprint density at radius 3 is 2.68 bits per heavy atom. The molecule has 1 N–H and O–H groups in total. The Balaban J connectivity index is 1.82. The first-order chi connectivity index (χ1) is 12.1. The average molecular weight is 342 g/mol. The van der Waals surface area contributed by atoms with Crippen LogP contribution in [0.1, 0.15) is 5.56 Å².